The van der Waals surface area contributed by atoms with E-state index in [-0.39, 0.29) is 0 Å². The van der Waals surface area contributed by atoms with Gasteiger partial charge in [0.05, 0.1) is 0 Å². The fourth-order valence-corrected chi connectivity index (χ4v) is 1.39. The Balaban J connectivity index is 2.40. The molecule has 0 aromatic rings. The smallest absolute Gasteiger partial charge is 0.0287 e. The Morgan fingerprint density at radius 3 is 2.36 bits per heavy atom. The van der Waals surface area contributed by atoms with Crippen LogP contribution in [-0.2, 0) is 0 Å². The first-order chi connectivity index (χ1) is 5.11. The lowest BCUT2D eigenvalue weighted by Gasteiger charge is -2.40. The average Bonchev–Trinajstić information content (AvgIpc) is 1.94. The molecule has 0 spiro atoms. The van der Waals surface area contributed by atoms with Gasteiger partial charge in [0, 0.05) is 39.8 Å². The number of hydrogen-bond donors (Lipinski definition) is 0. The molecule has 0 aromatic carbocycles. The van der Waals surface area contributed by atoms with E-state index in [0.717, 1.165) is 13.1 Å². The molecule has 11 heavy (non-hydrogen) atoms. The van der Waals surface area contributed by atoms with E-state index in [9.17, 15) is 0 Å². The second-order valence-corrected chi connectivity index (χ2v) is 3.59. The number of hydrogen-bond acceptors (Lipinski definition) is 3. The highest BCUT2D eigenvalue weighted by Crippen LogP contribution is 2.06. The highest BCUT2D eigenvalue weighted by molar-refractivity contribution is 4.73. The third-order valence-electron chi connectivity index (χ3n) is 2.50. The van der Waals surface area contributed by atoms with Crippen LogP contribution in [0.3, 0.4) is 0 Å². The van der Waals surface area contributed by atoms with Crippen LogP contribution in [0.5, 0.6) is 0 Å². The fraction of sp³-hybridized carbons (Fsp3) is 1.00. The second kappa shape index (κ2) is 3.52. The fourth-order valence-electron chi connectivity index (χ4n) is 1.39. The van der Waals surface area contributed by atoms with Gasteiger partial charge in [-0.15, -0.1) is 0 Å². The maximum absolute atomic E-state index is 2.40. The first-order valence-electron chi connectivity index (χ1n) is 4.23. The Kier molecular flexibility index (Phi) is 2.87. The number of piperazine rings is 1. The molecule has 1 aliphatic rings. The lowest BCUT2D eigenvalue weighted by Crippen LogP contribution is -2.54. The zero-order chi connectivity index (χ0) is 8.43. The van der Waals surface area contributed by atoms with Gasteiger partial charge in [-0.2, -0.15) is 0 Å². The Morgan fingerprint density at radius 2 is 1.91 bits per heavy atom. The van der Waals surface area contributed by atoms with Gasteiger partial charge in [0.25, 0.3) is 0 Å². The average molecular weight is 157 g/mol. The van der Waals surface area contributed by atoms with Gasteiger partial charge in [0.2, 0.25) is 0 Å². The molecule has 0 radical (unpaired) electrons. The molecule has 1 rings (SSSR count). The molecule has 0 bridgehead atoms. The van der Waals surface area contributed by atoms with E-state index in [1.807, 2.05) is 0 Å². The summed E-state index contributed by atoms with van der Waals surface area (Å²) in [4.78, 5) is 2.40. The van der Waals surface area contributed by atoms with E-state index in [0.29, 0.717) is 6.04 Å². The van der Waals surface area contributed by atoms with Crippen LogP contribution in [0.1, 0.15) is 6.92 Å². The molecule has 1 aliphatic heterocycles. The number of rotatable bonds is 1. The molecule has 1 atom stereocenters. The molecule has 0 aromatic heterocycles. The van der Waals surface area contributed by atoms with Gasteiger partial charge in [-0.25, -0.2) is 10.0 Å². The maximum Gasteiger partial charge on any atom is 0.0287 e. The first-order valence-corrected chi connectivity index (χ1v) is 4.23. The van der Waals surface area contributed by atoms with E-state index in [2.05, 4.69) is 43.0 Å². The van der Waals surface area contributed by atoms with Crippen molar-refractivity contribution in [2.45, 2.75) is 13.0 Å². The third kappa shape index (κ3) is 2.15. The zero-order valence-corrected chi connectivity index (χ0v) is 8.04. The number of hydrazine groups is 1. The molecule has 0 N–H and O–H groups in total. The Morgan fingerprint density at radius 1 is 1.27 bits per heavy atom. The summed E-state index contributed by atoms with van der Waals surface area (Å²) in [5.41, 5.74) is 0. The van der Waals surface area contributed by atoms with Crippen molar-refractivity contribution in [2.75, 3.05) is 40.8 Å². The van der Waals surface area contributed by atoms with Crippen LogP contribution in [0.4, 0.5) is 0 Å². The summed E-state index contributed by atoms with van der Waals surface area (Å²) in [5.74, 6) is 0. The van der Waals surface area contributed by atoms with E-state index in [1.165, 1.54) is 6.54 Å². The van der Waals surface area contributed by atoms with Gasteiger partial charge in [-0.3, -0.25) is 0 Å². The second-order valence-electron chi connectivity index (χ2n) is 3.59. The van der Waals surface area contributed by atoms with Crippen LogP contribution >= 0.6 is 0 Å². The topological polar surface area (TPSA) is 9.72 Å². The van der Waals surface area contributed by atoms with E-state index in [4.69, 9.17) is 0 Å². The summed E-state index contributed by atoms with van der Waals surface area (Å²) in [6.07, 6.45) is 0. The predicted octanol–water partition coefficient (Wildman–Crippen LogP) is 0.0989. The SMILES string of the molecule is CC1CN(N(C)C)CCN1C. The van der Waals surface area contributed by atoms with Crippen LogP contribution < -0.4 is 0 Å². The molecule has 0 saturated carbocycles. The van der Waals surface area contributed by atoms with E-state index < -0.39 is 0 Å². The summed E-state index contributed by atoms with van der Waals surface area (Å²) in [7, 11) is 6.41. The molecule has 0 amide bonds. The Labute approximate surface area is 69.5 Å². The zero-order valence-electron chi connectivity index (χ0n) is 8.04. The van der Waals surface area contributed by atoms with Crippen molar-refractivity contribution in [1.29, 1.82) is 0 Å². The van der Waals surface area contributed by atoms with Crippen LogP contribution in [0.2, 0.25) is 0 Å². The normalized spacial score (nSPS) is 29.7. The van der Waals surface area contributed by atoms with Crippen molar-refractivity contribution < 1.29 is 0 Å². The van der Waals surface area contributed by atoms with Crippen LogP contribution in [0.15, 0.2) is 0 Å². The van der Waals surface area contributed by atoms with E-state index in [1.54, 1.807) is 0 Å². The first kappa shape index (κ1) is 8.97. The van der Waals surface area contributed by atoms with Gasteiger partial charge in [0.1, 0.15) is 0 Å². The van der Waals surface area contributed by atoms with Gasteiger partial charge >= 0.3 is 0 Å². The third-order valence-corrected chi connectivity index (χ3v) is 2.50. The molecule has 1 unspecified atom stereocenters. The minimum atomic E-state index is 0.686. The van der Waals surface area contributed by atoms with Crippen molar-refractivity contribution in [1.82, 2.24) is 14.9 Å². The maximum atomic E-state index is 2.40. The van der Waals surface area contributed by atoms with Gasteiger partial charge in [0.15, 0.2) is 0 Å². The van der Waals surface area contributed by atoms with Crippen LogP contribution in [0, 0.1) is 0 Å². The van der Waals surface area contributed by atoms with Crippen molar-refractivity contribution in [3.8, 4) is 0 Å². The van der Waals surface area contributed by atoms with Crippen LogP contribution in [0.25, 0.3) is 0 Å². The standard InChI is InChI=1S/C8H19N3/c1-8-7-11(9(2)3)6-5-10(8)4/h8H,5-7H2,1-4H3. The molecule has 1 saturated heterocycles. The highest BCUT2D eigenvalue weighted by atomic mass is 15.6. The summed E-state index contributed by atoms with van der Waals surface area (Å²) in [6, 6.07) is 0.686. The summed E-state index contributed by atoms with van der Waals surface area (Å²) in [6.45, 7) is 5.77. The molecular formula is C8H19N3. The molecule has 66 valence electrons. The van der Waals surface area contributed by atoms with Gasteiger partial charge < -0.3 is 4.90 Å². The quantitative estimate of drug-likeness (QED) is 0.534. The molecular weight excluding hydrogens is 138 g/mol. The molecule has 0 aliphatic carbocycles. The molecule has 1 fully saturated rings. The van der Waals surface area contributed by atoms with Gasteiger partial charge in [-0.1, -0.05) is 0 Å². The minimum Gasteiger partial charge on any atom is -0.301 e. The highest BCUT2D eigenvalue weighted by Gasteiger charge is 2.21. The summed E-state index contributed by atoms with van der Waals surface area (Å²) in [5, 5.41) is 4.56. The van der Waals surface area contributed by atoms with Crippen molar-refractivity contribution in [2.24, 2.45) is 0 Å². The Hall–Kier alpha value is -0.120. The molecule has 3 heteroatoms. The molecule has 3 nitrogen and oxygen atoms in total. The minimum absolute atomic E-state index is 0.686. The molecule has 1 heterocycles. The monoisotopic (exact) mass is 157 g/mol. The lowest BCUT2D eigenvalue weighted by atomic mass is 10.2. The predicted molar refractivity (Wildman–Crippen MR) is 47.4 cm³/mol. The van der Waals surface area contributed by atoms with Gasteiger partial charge in [-0.05, 0) is 14.0 Å². The van der Waals surface area contributed by atoms with Crippen molar-refractivity contribution in [3.05, 3.63) is 0 Å². The summed E-state index contributed by atoms with van der Waals surface area (Å²) < 4.78 is 0. The lowest BCUT2D eigenvalue weighted by molar-refractivity contribution is -0.0337. The van der Waals surface area contributed by atoms with Crippen LogP contribution in [-0.4, -0.2) is 61.7 Å². The van der Waals surface area contributed by atoms with E-state index >= 15 is 0 Å². The van der Waals surface area contributed by atoms with Crippen molar-refractivity contribution >= 4 is 0 Å². The number of likely N-dealkylation sites (N-methyl/N-ethyl adjacent to an activating group) is 1. The largest absolute Gasteiger partial charge is 0.301 e. The Bertz CT molecular complexity index is 125. The number of nitrogens with zero attached hydrogens (tertiary/aromatic N) is 3. The summed E-state index contributed by atoms with van der Waals surface area (Å²) >= 11 is 0. The van der Waals surface area contributed by atoms with Crippen molar-refractivity contribution in [3.63, 3.8) is 0 Å².